The molecule has 1 atom stereocenters. The Morgan fingerprint density at radius 2 is 1.55 bits per heavy atom. The Morgan fingerprint density at radius 1 is 0.970 bits per heavy atom. The van der Waals surface area contributed by atoms with Gasteiger partial charge in [0.25, 0.3) is 0 Å². The van der Waals surface area contributed by atoms with Gasteiger partial charge >= 0.3 is 0 Å². The number of nitriles is 1. The van der Waals surface area contributed by atoms with E-state index in [4.69, 9.17) is 0 Å². The van der Waals surface area contributed by atoms with Crippen molar-refractivity contribution in [3.05, 3.63) is 66.0 Å². The topological polar surface area (TPSA) is 64.4 Å². The molecular weight excluding hydrogens is 437 g/mol. The Labute approximate surface area is 197 Å². The van der Waals surface area contributed by atoms with Crippen LogP contribution in [-0.2, 0) is 15.3 Å². The number of rotatable bonds is 10. The van der Waals surface area contributed by atoms with Crippen molar-refractivity contribution in [2.45, 2.75) is 37.0 Å². The summed E-state index contributed by atoms with van der Waals surface area (Å²) in [5, 5.41) is 10.1. The summed E-state index contributed by atoms with van der Waals surface area (Å²) in [7, 11) is -3.41. The van der Waals surface area contributed by atoms with Gasteiger partial charge < -0.3 is 4.90 Å². The van der Waals surface area contributed by atoms with Crippen molar-refractivity contribution in [2.75, 3.05) is 45.0 Å². The molecular formula is C26H34FN3O2S. The van der Waals surface area contributed by atoms with Crippen molar-refractivity contribution in [1.82, 2.24) is 9.80 Å². The summed E-state index contributed by atoms with van der Waals surface area (Å²) >= 11 is 0. The van der Waals surface area contributed by atoms with E-state index in [-0.39, 0.29) is 16.6 Å². The molecule has 0 spiro atoms. The summed E-state index contributed by atoms with van der Waals surface area (Å²) in [5.41, 5.74) is 0.618. The monoisotopic (exact) mass is 471 g/mol. The van der Waals surface area contributed by atoms with Crippen LogP contribution in [0.3, 0.4) is 0 Å². The molecule has 1 aliphatic rings. The van der Waals surface area contributed by atoms with Crippen LogP contribution in [0.2, 0.25) is 0 Å². The van der Waals surface area contributed by atoms with Crippen LogP contribution in [-0.4, -0.2) is 63.2 Å². The molecule has 33 heavy (non-hydrogen) atoms. The van der Waals surface area contributed by atoms with Crippen LogP contribution in [0.5, 0.6) is 0 Å². The Hall–Kier alpha value is -2.27. The molecule has 3 rings (SSSR count). The van der Waals surface area contributed by atoms with E-state index >= 15 is 0 Å². The molecule has 1 heterocycles. The van der Waals surface area contributed by atoms with Gasteiger partial charge in [-0.3, -0.25) is 4.90 Å². The summed E-state index contributed by atoms with van der Waals surface area (Å²) < 4.78 is 38.1. The van der Waals surface area contributed by atoms with Crippen LogP contribution in [0.4, 0.5) is 4.39 Å². The van der Waals surface area contributed by atoms with E-state index in [0.29, 0.717) is 6.54 Å². The van der Waals surface area contributed by atoms with Gasteiger partial charge in [0.05, 0.1) is 22.1 Å². The second kappa shape index (κ2) is 11.2. The predicted molar refractivity (Wildman–Crippen MR) is 129 cm³/mol. The average Bonchev–Trinajstić information content (AvgIpc) is 2.82. The van der Waals surface area contributed by atoms with Gasteiger partial charge in [0, 0.05) is 32.7 Å². The molecule has 1 saturated heterocycles. The first-order valence-electron chi connectivity index (χ1n) is 11.7. The Bertz CT molecular complexity index is 1030. The van der Waals surface area contributed by atoms with Gasteiger partial charge in [0.2, 0.25) is 0 Å². The third kappa shape index (κ3) is 6.41. The Kier molecular flexibility index (Phi) is 8.63. The van der Waals surface area contributed by atoms with Crippen LogP contribution < -0.4 is 0 Å². The number of hydrogen-bond acceptors (Lipinski definition) is 5. The largest absolute Gasteiger partial charge is 0.301 e. The number of hydrogen-bond donors (Lipinski definition) is 0. The molecule has 2 aromatic carbocycles. The summed E-state index contributed by atoms with van der Waals surface area (Å²) in [4.78, 5) is 4.75. The number of sulfone groups is 1. The lowest BCUT2D eigenvalue weighted by Gasteiger charge is -2.36. The zero-order valence-corrected chi connectivity index (χ0v) is 20.4. The van der Waals surface area contributed by atoms with Crippen LogP contribution in [0.1, 0.15) is 32.3 Å². The third-order valence-electron chi connectivity index (χ3n) is 6.83. The summed E-state index contributed by atoms with van der Waals surface area (Å²) in [5.74, 6) is -0.173. The number of piperazine rings is 1. The lowest BCUT2D eigenvalue weighted by atomic mass is 9.70. The van der Waals surface area contributed by atoms with Crippen LogP contribution in [0.25, 0.3) is 0 Å². The molecule has 1 aliphatic heterocycles. The molecule has 1 unspecified atom stereocenters. The van der Waals surface area contributed by atoms with Gasteiger partial charge in [-0.15, -0.1) is 0 Å². The molecule has 0 bridgehead atoms. The minimum Gasteiger partial charge on any atom is -0.301 e. The lowest BCUT2D eigenvalue weighted by molar-refractivity contribution is 0.133. The molecule has 0 N–H and O–H groups in total. The molecule has 2 aromatic rings. The lowest BCUT2D eigenvalue weighted by Crippen LogP contribution is -2.48. The first kappa shape index (κ1) is 25.4. The van der Waals surface area contributed by atoms with Crippen molar-refractivity contribution in [3.63, 3.8) is 0 Å². The van der Waals surface area contributed by atoms with Gasteiger partial charge in [-0.25, -0.2) is 12.8 Å². The van der Waals surface area contributed by atoms with E-state index in [9.17, 15) is 18.1 Å². The molecule has 1 fully saturated rings. The molecule has 7 heteroatoms. The maximum absolute atomic E-state index is 13.1. The van der Waals surface area contributed by atoms with Crippen molar-refractivity contribution < 1.29 is 12.8 Å². The molecule has 0 amide bonds. The zero-order valence-electron chi connectivity index (χ0n) is 19.6. The van der Waals surface area contributed by atoms with E-state index in [1.807, 2.05) is 18.2 Å². The van der Waals surface area contributed by atoms with Crippen LogP contribution in [0.15, 0.2) is 59.5 Å². The zero-order chi connectivity index (χ0) is 23.9. The van der Waals surface area contributed by atoms with Gasteiger partial charge in [-0.2, -0.15) is 5.26 Å². The molecule has 178 valence electrons. The van der Waals surface area contributed by atoms with E-state index in [2.05, 4.69) is 41.8 Å². The van der Waals surface area contributed by atoms with Crippen LogP contribution in [0, 0.1) is 23.1 Å². The first-order valence-corrected chi connectivity index (χ1v) is 13.3. The second-order valence-electron chi connectivity index (χ2n) is 9.16. The second-order valence-corrected chi connectivity index (χ2v) is 11.3. The van der Waals surface area contributed by atoms with E-state index in [1.54, 1.807) is 0 Å². The molecule has 5 nitrogen and oxygen atoms in total. The maximum Gasteiger partial charge on any atom is 0.179 e. The Balaban J connectivity index is 1.46. The van der Waals surface area contributed by atoms with Crippen molar-refractivity contribution in [2.24, 2.45) is 5.92 Å². The van der Waals surface area contributed by atoms with Crippen molar-refractivity contribution in [1.29, 1.82) is 5.26 Å². The third-order valence-corrected chi connectivity index (χ3v) is 8.54. The van der Waals surface area contributed by atoms with E-state index in [1.165, 1.54) is 24.3 Å². The number of nitrogens with zero attached hydrogens (tertiary/aromatic N) is 3. The molecule has 0 radical (unpaired) electrons. The standard InChI is InChI=1S/C26H34FN3O2S/c1-22(2)26(21-28,23-7-4-3-5-8-23)13-6-14-29-15-17-30(18-16-29)19-20-33(31,32)25-11-9-24(27)10-12-25/h3-5,7-12,22H,6,13-20H2,1-2H3. The SMILES string of the molecule is CC(C)C(C#N)(CCCN1CCN(CCS(=O)(=O)c2ccc(F)cc2)CC1)c1ccccc1. The highest BCUT2D eigenvalue weighted by Gasteiger charge is 2.35. The van der Waals surface area contributed by atoms with Gasteiger partial charge in [0.1, 0.15) is 5.82 Å². The fourth-order valence-corrected chi connectivity index (χ4v) is 5.86. The normalized spacial score (nSPS) is 17.5. The van der Waals surface area contributed by atoms with Gasteiger partial charge in [0.15, 0.2) is 9.84 Å². The number of halogens is 1. The van der Waals surface area contributed by atoms with Gasteiger partial charge in [-0.05, 0) is 55.1 Å². The smallest absolute Gasteiger partial charge is 0.179 e. The molecule has 0 aliphatic carbocycles. The minimum absolute atomic E-state index is 0.0365. The summed E-state index contributed by atoms with van der Waals surface area (Å²) in [6, 6.07) is 17.7. The minimum atomic E-state index is -3.41. The molecule has 0 aromatic heterocycles. The quantitative estimate of drug-likeness (QED) is 0.488. The highest BCUT2D eigenvalue weighted by atomic mass is 32.2. The highest BCUT2D eigenvalue weighted by molar-refractivity contribution is 7.91. The van der Waals surface area contributed by atoms with Crippen LogP contribution >= 0.6 is 0 Å². The molecule has 0 saturated carbocycles. The van der Waals surface area contributed by atoms with Gasteiger partial charge in [-0.1, -0.05) is 44.2 Å². The maximum atomic E-state index is 13.1. The fourth-order valence-electron chi connectivity index (χ4n) is 4.58. The summed E-state index contributed by atoms with van der Waals surface area (Å²) in [6.45, 7) is 9.09. The van der Waals surface area contributed by atoms with Crippen molar-refractivity contribution >= 4 is 9.84 Å². The van der Waals surface area contributed by atoms with Crippen molar-refractivity contribution in [3.8, 4) is 6.07 Å². The number of benzene rings is 2. The van der Waals surface area contributed by atoms with E-state index < -0.39 is 21.1 Å². The van der Waals surface area contributed by atoms with E-state index in [0.717, 1.165) is 51.1 Å². The highest BCUT2D eigenvalue weighted by Crippen LogP contribution is 2.36. The summed E-state index contributed by atoms with van der Waals surface area (Å²) in [6.07, 6.45) is 1.76. The Morgan fingerprint density at radius 3 is 2.09 bits per heavy atom. The first-order chi connectivity index (χ1) is 15.8. The predicted octanol–water partition coefficient (Wildman–Crippen LogP) is 4.11. The fraction of sp³-hybridized carbons (Fsp3) is 0.500. The average molecular weight is 472 g/mol.